The fraction of sp³-hybridized carbons (Fsp3) is 0.292. The Morgan fingerprint density at radius 2 is 1.74 bits per heavy atom. The van der Waals surface area contributed by atoms with E-state index in [1.54, 1.807) is 6.07 Å². The minimum Gasteiger partial charge on any atom is -0.355 e. The summed E-state index contributed by atoms with van der Waals surface area (Å²) in [5.41, 5.74) is 3.91. The monoisotopic (exact) mass is 435 g/mol. The Kier molecular flexibility index (Phi) is 6.67. The van der Waals surface area contributed by atoms with Crippen LogP contribution in [0.5, 0.6) is 0 Å². The highest BCUT2D eigenvalue weighted by Gasteiger charge is 2.12. The van der Waals surface area contributed by atoms with Crippen LogP contribution in [0.25, 0.3) is 11.3 Å². The molecule has 7 heteroatoms. The molecule has 0 spiro atoms. The third kappa shape index (κ3) is 5.52. The van der Waals surface area contributed by atoms with E-state index >= 15 is 0 Å². The summed E-state index contributed by atoms with van der Waals surface area (Å²) < 4.78 is 0. The number of rotatable bonds is 4. The predicted molar refractivity (Wildman–Crippen MR) is 127 cm³/mol. The van der Waals surface area contributed by atoms with Crippen molar-refractivity contribution >= 4 is 34.8 Å². The quantitative estimate of drug-likeness (QED) is 0.517. The molecule has 3 aromatic rings. The van der Waals surface area contributed by atoms with E-state index in [0.29, 0.717) is 16.4 Å². The van der Waals surface area contributed by atoms with E-state index in [4.69, 9.17) is 11.6 Å². The first-order chi connectivity index (χ1) is 15.1. The summed E-state index contributed by atoms with van der Waals surface area (Å²) in [5, 5.41) is 15.0. The van der Waals surface area contributed by atoms with Crippen LogP contribution in [-0.2, 0) is 0 Å². The molecule has 31 heavy (non-hydrogen) atoms. The average Bonchev–Trinajstić information content (AvgIpc) is 3.06. The molecule has 1 saturated heterocycles. The van der Waals surface area contributed by atoms with Crippen LogP contribution in [-0.4, -0.2) is 29.3 Å². The summed E-state index contributed by atoms with van der Waals surface area (Å²) in [7, 11) is 0. The highest BCUT2D eigenvalue weighted by Crippen LogP contribution is 2.25. The number of amides is 2. The molecule has 1 aromatic heterocycles. The fourth-order valence-corrected chi connectivity index (χ4v) is 3.89. The van der Waals surface area contributed by atoms with E-state index in [2.05, 4.69) is 25.7 Å². The summed E-state index contributed by atoms with van der Waals surface area (Å²) in [6.07, 6.45) is 4.97. The number of nitrogens with zero attached hydrogens (tertiary/aromatic N) is 3. The number of benzene rings is 2. The van der Waals surface area contributed by atoms with Gasteiger partial charge in [-0.05, 0) is 61.7 Å². The molecule has 2 heterocycles. The van der Waals surface area contributed by atoms with Gasteiger partial charge < -0.3 is 15.5 Å². The molecule has 2 N–H and O–H groups in total. The summed E-state index contributed by atoms with van der Waals surface area (Å²) in [6, 6.07) is 16.7. The van der Waals surface area contributed by atoms with Gasteiger partial charge in [0.1, 0.15) is 0 Å². The Labute approximate surface area is 187 Å². The highest BCUT2D eigenvalue weighted by molar-refractivity contribution is 6.33. The van der Waals surface area contributed by atoms with Gasteiger partial charge in [-0.15, -0.1) is 10.2 Å². The van der Waals surface area contributed by atoms with Crippen molar-refractivity contribution < 1.29 is 4.79 Å². The second-order valence-corrected chi connectivity index (χ2v) is 8.23. The van der Waals surface area contributed by atoms with E-state index < -0.39 is 0 Å². The fourth-order valence-electron chi connectivity index (χ4n) is 3.72. The van der Waals surface area contributed by atoms with Crippen LogP contribution in [0.3, 0.4) is 0 Å². The third-order valence-corrected chi connectivity index (χ3v) is 5.70. The van der Waals surface area contributed by atoms with Gasteiger partial charge in [-0.2, -0.15) is 0 Å². The number of halogens is 1. The van der Waals surface area contributed by atoms with Gasteiger partial charge in [0.05, 0.1) is 16.4 Å². The van der Waals surface area contributed by atoms with Crippen molar-refractivity contribution in [2.75, 3.05) is 28.6 Å². The lowest BCUT2D eigenvalue weighted by atomic mass is 10.1. The highest BCUT2D eigenvalue weighted by atomic mass is 35.5. The Bertz CT molecular complexity index is 1050. The standard InChI is InChI=1S/C24H26ClN5O/c1-17-9-10-20(25)22(15-17)27-24(31)26-19-8-6-7-18(16-19)21-11-12-23(29-28-21)30-13-4-2-3-5-14-30/h6-12,15-16H,2-5,13-14H2,1H3,(H2,26,27,31). The first kappa shape index (κ1) is 21.1. The largest absolute Gasteiger partial charge is 0.355 e. The number of hydrogen-bond acceptors (Lipinski definition) is 4. The molecule has 2 aromatic carbocycles. The zero-order valence-corrected chi connectivity index (χ0v) is 18.3. The molecule has 1 fully saturated rings. The molecule has 0 unspecified atom stereocenters. The van der Waals surface area contributed by atoms with Crippen molar-refractivity contribution in [1.29, 1.82) is 0 Å². The number of carbonyl (C=O) groups is 1. The lowest BCUT2D eigenvalue weighted by Gasteiger charge is -2.20. The maximum atomic E-state index is 12.4. The van der Waals surface area contributed by atoms with Gasteiger partial charge in [0.2, 0.25) is 0 Å². The van der Waals surface area contributed by atoms with Crippen molar-refractivity contribution in [3.63, 3.8) is 0 Å². The smallest absolute Gasteiger partial charge is 0.323 e. The van der Waals surface area contributed by atoms with Crippen LogP contribution < -0.4 is 15.5 Å². The molecule has 1 aliphatic heterocycles. The summed E-state index contributed by atoms with van der Waals surface area (Å²) in [4.78, 5) is 14.7. The minimum absolute atomic E-state index is 0.354. The first-order valence-corrected chi connectivity index (χ1v) is 11.0. The molecule has 0 radical (unpaired) electrons. The average molecular weight is 436 g/mol. The van der Waals surface area contributed by atoms with Crippen molar-refractivity contribution in [2.24, 2.45) is 0 Å². The first-order valence-electron chi connectivity index (χ1n) is 10.6. The zero-order valence-electron chi connectivity index (χ0n) is 17.6. The maximum Gasteiger partial charge on any atom is 0.323 e. The second kappa shape index (κ2) is 9.79. The molecule has 0 aliphatic carbocycles. The Hall–Kier alpha value is -3.12. The van der Waals surface area contributed by atoms with Crippen LogP contribution in [0, 0.1) is 6.92 Å². The van der Waals surface area contributed by atoms with Gasteiger partial charge >= 0.3 is 6.03 Å². The van der Waals surface area contributed by atoms with Crippen molar-refractivity contribution in [3.05, 3.63) is 65.2 Å². The van der Waals surface area contributed by atoms with Gasteiger partial charge in [-0.25, -0.2) is 4.79 Å². The number of anilines is 3. The normalized spacial score (nSPS) is 14.1. The zero-order chi connectivity index (χ0) is 21.6. The van der Waals surface area contributed by atoms with E-state index in [9.17, 15) is 4.79 Å². The van der Waals surface area contributed by atoms with Gasteiger partial charge in [0.15, 0.2) is 5.82 Å². The van der Waals surface area contributed by atoms with E-state index in [-0.39, 0.29) is 6.03 Å². The number of aryl methyl sites for hydroxylation is 1. The van der Waals surface area contributed by atoms with E-state index in [0.717, 1.165) is 35.7 Å². The molecule has 0 saturated carbocycles. The van der Waals surface area contributed by atoms with Crippen LogP contribution >= 0.6 is 11.6 Å². The van der Waals surface area contributed by atoms with Crippen LogP contribution in [0.1, 0.15) is 31.2 Å². The Morgan fingerprint density at radius 3 is 2.48 bits per heavy atom. The molecule has 160 valence electrons. The van der Waals surface area contributed by atoms with Gasteiger partial charge in [-0.1, -0.05) is 42.6 Å². The van der Waals surface area contributed by atoms with Crippen molar-refractivity contribution in [2.45, 2.75) is 32.6 Å². The Morgan fingerprint density at radius 1 is 0.935 bits per heavy atom. The van der Waals surface area contributed by atoms with E-state index in [1.807, 2.05) is 55.5 Å². The van der Waals surface area contributed by atoms with Crippen LogP contribution in [0.2, 0.25) is 5.02 Å². The van der Waals surface area contributed by atoms with Crippen LogP contribution in [0.15, 0.2) is 54.6 Å². The van der Waals surface area contributed by atoms with Gasteiger partial charge in [-0.3, -0.25) is 0 Å². The van der Waals surface area contributed by atoms with Crippen molar-refractivity contribution in [1.82, 2.24) is 10.2 Å². The molecular formula is C24H26ClN5O. The van der Waals surface area contributed by atoms with Gasteiger partial charge in [0, 0.05) is 24.3 Å². The minimum atomic E-state index is -0.354. The molecular weight excluding hydrogens is 410 g/mol. The number of hydrogen-bond donors (Lipinski definition) is 2. The predicted octanol–water partition coefficient (Wildman–Crippen LogP) is 6.13. The summed E-state index contributed by atoms with van der Waals surface area (Å²) in [5.74, 6) is 0.925. The summed E-state index contributed by atoms with van der Waals surface area (Å²) >= 11 is 6.17. The lowest BCUT2D eigenvalue weighted by molar-refractivity contribution is 0.262. The number of urea groups is 1. The number of aromatic nitrogens is 2. The third-order valence-electron chi connectivity index (χ3n) is 5.37. The van der Waals surface area contributed by atoms with Crippen LogP contribution in [0.4, 0.5) is 22.0 Å². The molecule has 2 amide bonds. The molecule has 1 aliphatic rings. The molecule has 0 atom stereocenters. The molecule has 0 bridgehead atoms. The Balaban J connectivity index is 1.44. The topological polar surface area (TPSA) is 70.2 Å². The SMILES string of the molecule is Cc1ccc(Cl)c(NC(=O)Nc2cccc(-c3ccc(N4CCCCCC4)nn3)c2)c1. The molecule has 6 nitrogen and oxygen atoms in total. The maximum absolute atomic E-state index is 12.4. The molecule has 4 rings (SSSR count). The number of carbonyl (C=O) groups excluding carboxylic acids is 1. The number of nitrogens with one attached hydrogen (secondary N) is 2. The van der Waals surface area contributed by atoms with Gasteiger partial charge in [0.25, 0.3) is 0 Å². The van der Waals surface area contributed by atoms with E-state index in [1.165, 1.54) is 25.7 Å². The lowest BCUT2D eigenvalue weighted by Crippen LogP contribution is -2.25. The second-order valence-electron chi connectivity index (χ2n) is 7.82. The summed E-state index contributed by atoms with van der Waals surface area (Å²) in [6.45, 7) is 4.02. The van der Waals surface area contributed by atoms with Crippen molar-refractivity contribution in [3.8, 4) is 11.3 Å².